The van der Waals surface area contributed by atoms with Gasteiger partial charge in [-0.1, -0.05) is 0 Å². The van der Waals surface area contributed by atoms with Crippen molar-refractivity contribution in [2.45, 2.75) is 13.0 Å². The molecule has 6 nitrogen and oxygen atoms in total. The van der Waals surface area contributed by atoms with E-state index in [-0.39, 0.29) is 29.5 Å². The zero-order valence-electron chi connectivity index (χ0n) is 10.5. The fourth-order valence-corrected chi connectivity index (χ4v) is 2.40. The van der Waals surface area contributed by atoms with E-state index in [0.717, 1.165) is 6.07 Å². The molecule has 1 aliphatic heterocycles. The Bertz CT molecular complexity index is 812. The van der Waals surface area contributed by atoms with E-state index in [0.29, 0.717) is 5.52 Å². The van der Waals surface area contributed by atoms with Crippen molar-refractivity contribution in [3.63, 3.8) is 0 Å². The summed E-state index contributed by atoms with van der Waals surface area (Å²) < 4.78 is 20.8. The van der Waals surface area contributed by atoms with Crippen LogP contribution in [-0.2, 0) is 0 Å². The number of pyridine rings is 1. The number of carboxylic acid groups (broad SMARTS) is 1. The molecule has 0 amide bonds. The number of nitrogen functional groups attached to an aromatic ring is 1. The third-order valence-corrected chi connectivity index (χ3v) is 3.43. The van der Waals surface area contributed by atoms with Gasteiger partial charge >= 0.3 is 5.97 Å². The van der Waals surface area contributed by atoms with Crippen LogP contribution in [0, 0.1) is 5.82 Å². The Kier molecular flexibility index (Phi) is 2.47. The first-order valence-electron chi connectivity index (χ1n) is 5.94. The number of nitrogens with two attached hydrogens (primary N) is 1. The van der Waals surface area contributed by atoms with Gasteiger partial charge < -0.3 is 20.1 Å². The molecule has 0 radical (unpaired) electrons. The number of benzene rings is 1. The molecule has 0 unspecified atom stereocenters. The van der Waals surface area contributed by atoms with Crippen molar-refractivity contribution >= 4 is 22.6 Å². The van der Waals surface area contributed by atoms with Crippen LogP contribution < -0.4 is 15.9 Å². The van der Waals surface area contributed by atoms with E-state index < -0.39 is 22.8 Å². The number of rotatable bonds is 1. The van der Waals surface area contributed by atoms with Crippen LogP contribution in [0.2, 0.25) is 0 Å². The molecule has 2 heterocycles. The van der Waals surface area contributed by atoms with Crippen molar-refractivity contribution in [2.75, 3.05) is 12.3 Å². The van der Waals surface area contributed by atoms with Gasteiger partial charge in [-0.3, -0.25) is 4.79 Å². The van der Waals surface area contributed by atoms with Crippen LogP contribution >= 0.6 is 0 Å². The minimum atomic E-state index is -1.35. The minimum Gasteiger partial charge on any atom is -0.487 e. The van der Waals surface area contributed by atoms with Gasteiger partial charge in [-0.2, -0.15) is 0 Å². The quantitative estimate of drug-likeness (QED) is 0.768. The summed E-state index contributed by atoms with van der Waals surface area (Å²) in [5.41, 5.74) is 4.62. The molecule has 0 bridgehead atoms. The number of aromatic nitrogens is 1. The molecule has 20 heavy (non-hydrogen) atoms. The summed E-state index contributed by atoms with van der Waals surface area (Å²) in [6.07, 6.45) is 1.25. The van der Waals surface area contributed by atoms with E-state index in [1.807, 2.05) is 0 Å². The second-order valence-corrected chi connectivity index (χ2v) is 4.74. The number of ether oxygens (including phenoxy) is 1. The first kappa shape index (κ1) is 12.5. The molecule has 104 valence electrons. The van der Waals surface area contributed by atoms with E-state index in [1.165, 1.54) is 6.20 Å². The van der Waals surface area contributed by atoms with Gasteiger partial charge in [0.1, 0.15) is 17.9 Å². The number of carbonyl (C=O) groups is 1. The van der Waals surface area contributed by atoms with Crippen molar-refractivity contribution < 1.29 is 19.0 Å². The molecule has 0 spiro atoms. The summed E-state index contributed by atoms with van der Waals surface area (Å²) >= 11 is 0. The standard InChI is InChI=1S/C13H11FN2O4/c1-5-4-20-12-9(15)8(14)2-6-10(12)16(5)3-7(11(6)17)13(18)19/h2-3,5H,4,15H2,1H3,(H,18,19)/t5-/m1/s1. The van der Waals surface area contributed by atoms with E-state index >= 15 is 0 Å². The number of hydrogen-bond acceptors (Lipinski definition) is 4. The molecule has 1 aromatic heterocycles. The number of anilines is 1. The van der Waals surface area contributed by atoms with Gasteiger partial charge in [-0.15, -0.1) is 0 Å². The zero-order valence-corrected chi connectivity index (χ0v) is 10.5. The first-order valence-corrected chi connectivity index (χ1v) is 5.94. The number of aromatic carboxylic acids is 1. The Morgan fingerprint density at radius 1 is 1.60 bits per heavy atom. The molecule has 3 rings (SSSR count). The number of carboxylic acids is 1. The predicted molar refractivity (Wildman–Crippen MR) is 69.7 cm³/mol. The Morgan fingerprint density at radius 3 is 2.95 bits per heavy atom. The van der Waals surface area contributed by atoms with Crippen molar-refractivity contribution in [1.82, 2.24) is 4.57 Å². The number of halogens is 1. The Labute approximate surface area is 112 Å². The fraction of sp³-hybridized carbons (Fsp3) is 0.231. The van der Waals surface area contributed by atoms with Gasteiger partial charge in [0.2, 0.25) is 5.43 Å². The molecule has 0 aliphatic carbocycles. The minimum absolute atomic E-state index is 0.0434. The van der Waals surface area contributed by atoms with Crippen molar-refractivity contribution in [1.29, 1.82) is 0 Å². The Balaban J connectivity index is 2.57. The molecule has 0 saturated carbocycles. The topological polar surface area (TPSA) is 94.6 Å². The molecule has 1 aromatic carbocycles. The third-order valence-electron chi connectivity index (χ3n) is 3.43. The lowest BCUT2D eigenvalue weighted by Gasteiger charge is -2.27. The van der Waals surface area contributed by atoms with Crippen LogP contribution in [-0.4, -0.2) is 22.2 Å². The highest BCUT2D eigenvalue weighted by Gasteiger charge is 2.26. The Morgan fingerprint density at radius 2 is 2.30 bits per heavy atom. The van der Waals surface area contributed by atoms with Gasteiger partial charge in [0, 0.05) is 6.20 Å². The van der Waals surface area contributed by atoms with Crippen molar-refractivity contribution in [3.05, 3.63) is 33.9 Å². The second kappa shape index (κ2) is 3.96. The molecule has 1 aliphatic rings. The SMILES string of the molecule is C[C@@H]1COc2c(N)c(F)cc3c(=O)c(C(=O)O)cn1c23. The van der Waals surface area contributed by atoms with Crippen LogP contribution in [0.1, 0.15) is 23.3 Å². The monoisotopic (exact) mass is 278 g/mol. The zero-order chi connectivity index (χ0) is 14.6. The lowest BCUT2D eigenvalue weighted by molar-refractivity contribution is 0.0694. The van der Waals surface area contributed by atoms with Crippen LogP contribution in [0.25, 0.3) is 10.9 Å². The molecule has 7 heteroatoms. The van der Waals surface area contributed by atoms with Gasteiger partial charge in [0.05, 0.1) is 16.9 Å². The van der Waals surface area contributed by atoms with Crippen molar-refractivity contribution in [2.24, 2.45) is 0 Å². The number of nitrogens with zero attached hydrogens (tertiary/aromatic N) is 1. The van der Waals surface area contributed by atoms with Gasteiger partial charge in [0.15, 0.2) is 11.6 Å². The van der Waals surface area contributed by atoms with E-state index in [4.69, 9.17) is 15.6 Å². The lowest BCUT2D eigenvalue weighted by Crippen LogP contribution is -2.27. The summed E-state index contributed by atoms with van der Waals surface area (Å²) in [5, 5.41) is 9.04. The van der Waals surface area contributed by atoms with Crippen molar-refractivity contribution in [3.8, 4) is 5.75 Å². The van der Waals surface area contributed by atoms with Crippen LogP contribution in [0.4, 0.5) is 10.1 Å². The lowest BCUT2D eigenvalue weighted by atomic mass is 10.1. The normalized spacial score (nSPS) is 17.0. The second-order valence-electron chi connectivity index (χ2n) is 4.74. The summed E-state index contributed by atoms with van der Waals surface area (Å²) in [6.45, 7) is 2.02. The molecule has 2 aromatic rings. The average Bonchev–Trinajstić information content (AvgIpc) is 2.39. The van der Waals surface area contributed by atoms with Crippen LogP contribution in [0.5, 0.6) is 5.75 Å². The van der Waals surface area contributed by atoms with Gasteiger partial charge in [-0.25, -0.2) is 9.18 Å². The maximum atomic E-state index is 13.8. The highest BCUT2D eigenvalue weighted by atomic mass is 19.1. The molecular formula is C13H11FN2O4. The summed E-state index contributed by atoms with van der Waals surface area (Å²) in [7, 11) is 0. The summed E-state index contributed by atoms with van der Waals surface area (Å²) in [6, 6.07) is 0.773. The maximum Gasteiger partial charge on any atom is 0.341 e. The van der Waals surface area contributed by atoms with E-state index in [2.05, 4.69) is 0 Å². The van der Waals surface area contributed by atoms with Gasteiger partial charge in [0.25, 0.3) is 0 Å². The average molecular weight is 278 g/mol. The molecule has 1 atom stereocenters. The van der Waals surface area contributed by atoms with E-state index in [1.54, 1.807) is 11.5 Å². The van der Waals surface area contributed by atoms with Gasteiger partial charge in [-0.05, 0) is 13.0 Å². The third kappa shape index (κ3) is 1.49. The summed E-state index contributed by atoms with van der Waals surface area (Å²) in [4.78, 5) is 23.3. The van der Waals surface area contributed by atoms with E-state index in [9.17, 15) is 14.0 Å². The smallest absolute Gasteiger partial charge is 0.341 e. The fourth-order valence-electron chi connectivity index (χ4n) is 2.40. The molecule has 0 fully saturated rings. The van der Waals surface area contributed by atoms with Crippen LogP contribution in [0.3, 0.4) is 0 Å². The number of hydrogen-bond donors (Lipinski definition) is 2. The first-order chi connectivity index (χ1) is 9.41. The summed E-state index contributed by atoms with van der Waals surface area (Å²) in [5.74, 6) is -2.06. The predicted octanol–water partition coefficient (Wildman–Crippen LogP) is 1.37. The largest absolute Gasteiger partial charge is 0.487 e. The Hall–Kier alpha value is -2.57. The molecule has 0 saturated heterocycles. The molecular weight excluding hydrogens is 267 g/mol. The molecule has 3 N–H and O–H groups in total. The highest BCUT2D eigenvalue weighted by molar-refractivity contribution is 5.96. The van der Waals surface area contributed by atoms with Crippen LogP contribution in [0.15, 0.2) is 17.1 Å². The maximum absolute atomic E-state index is 13.8. The highest BCUT2D eigenvalue weighted by Crippen LogP contribution is 2.37.